The molecular formula is C13H27N3O. The third-order valence-electron chi connectivity index (χ3n) is 3.04. The van der Waals surface area contributed by atoms with Crippen LogP contribution < -0.4 is 11.1 Å². The van der Waals surface area contributed by atoms with Gasteiger partial charge in [0.15, 0.2) is 5.96 Å². The Morgan fingerprint density at radius 2 is 2.12 bits per heavy atom. The number of aliphatic imine (C=N–C) groups is 1. The van der Waals surface area contributed by atoms with Gasteiger partial charge in [-0.3, -0.25) is 4.99 Å². The Bertz CT molecular complexity index is 213. The van der Waals surface area contributed by atoms with Gasteiger partial charge < -0.3 is 15.8 Å². The maximum absolute atomic E-state index is 5.83. The summed E-state index contributed by atoms with van der Waals surface area (Å²) in [6.45, 7) is 4.58. The third kappa shape index (κ3) is 7.21. The average Bonchev–Trinajstić information content (AvgIpc) is 2.37. The van der Waals surface area contributed by atoms with Gasteiger partial charge in [-0.2, -0.15) is 0 Å². The molecule has 4 heteroatoms. The van der Waals surface area contributed by atoms with E-state index in [9.17, 15) is 0 Å². The maximum Gasteiger partial charge on any atom is 0.188 e. The summed E-state index contributed by atoms with van der Waals surface area (Å²) < 4.78 is 5.83. The molecule has 0 atom stereocenters. The van der Waals surface area contributed by atoms with Crippen LogP contribution in [0.3, 0.4) is 0 Å². The van der Waals surface area contributed by atoms with Gasteiger partial charge in [0.1, 0.15) is 0 Å². The van der Waals surface area contributed by atoms with E-state index in [4.69, 9.17) is 10.5 Å². The van der Waals surface area contributed by atoms with Crippen LogP contribution in [0, 0.1) is 0 Å². The first-order chi connectivity index (χ1) is 8.33. The van der Waals surface area contributed by atoms with Gasteiger partial charge in [-0.15, -0.1) is 0 Å². The summed E-state index contributed by atoms with van der Waals surface area (Å²) in [6.07, 6.45) is 9.08. The molecule has 100 valence electrons. The SMILES string of the molecule is CCCN=C(N)NCCCOC1CCCCC1. The molecule has 0 spiro atoms. The predicted octanol–water partition coefficient (Wildman–Crippen LogP) is 2.04. The van der Waals surface area contributed by atoms with Gasteiger partial charge in [0.05, 0.1) is 6.10 Å². The molecule has 1 aliphatic carbocycles. The minimum absolute atomic E-state index is 0.509. The van der Waals surface area contributed by atoms with E-state index in [-0.39, 0.29) is 0 Å². The molecule has 0 aromatic rings. The fourth-order valence-electron chi connectivity index (χ4n) is 2.06. The molecule has 1 fully saturated rings. The van der Waals surface area contributed by atoms with Gasteiger partial charge in [-0.05, 0) is 25.7 Å². The second-order valence-corrected chi connectivity index (χ2v) is 4.68. The quantitative estimate of drug-likeness (QED) is 0.407. The third-order valence-corrected chi connectivity index (χ3v) is 3.04. The summed E-state index contributed by atoms with van der Waals surface area (Å²) >= 11 is 0. The van der Waals surface area contributed by atoms with Crippen molar-refractivity contribution in [1.82, 2.24) is 5.32 Å². The van der Waals surface area contributed by atoms with Crippen LogP contribution in [0.2, 0.25) is 0 Å². The van der Waals surface area contributed by atoms with Crippen LogP contribution in [0.15, 0.2) is 4.99 Å². The standard InChI is InChI=1S/C13H27N3O/c1-2-9-15-13(14)16-10-6-11-17-12-7-4-3-5-8-12/h12H,2-11H2,1H3,(H3,14,15,16). The van der Waals surface area contributed by atoms with Crippen LogP contribution in [-0.4, -0.2) is 31.8 Å². The summed E-state index contributed by atoms with van der Waals surface area (Å²) in [5.74, 6) is 0.560. The fourth-order valence-corrected chi connectivity index (χ4v) is 2.06. The fraction of sp³-hybridized carbons (Fsp3) is 0.923. The Labute approximate surface area is 105 Å². The molecule has 1 saturated carbocycles. The van der Waals surface area contributed by atoms with Gasteiger partial charge in [0, 0.05) is 19.7 Å². The van der Waals surface area contributed by atoms with E-state index < -0.39 is 0 Å². The average molecular weight is 241 g/mol. The van der Waals surface area contributed by atoms with Crippen molar-refractivity contribution in [3.8, 4) is 0 Å². The van der Waals surface area contributed by atoms with Gasteiger partial charge in [0.25, 0.3) is 0 Å². The number of nitrogens with one attached hydrogen (secondary N) is 1. The summed E-state index contributed by atoms with van der Waals surface area (Å²) in [7, 11) is 0. The highest BCUT2D eigenvalue weighted by atomic mass is 16.5. The molecular weight excluding hydrogens is 214 g/mol. The Hall–Kier alpha value is -0.770. The zero-order valence-corrected chi connectivity index (χ0v) is 11.1. The van der Waals surface area contributed by atoms with Gasteiger partial charge >= 0.3 is 0 Å². The first kappa shape index (κ1) is 14.3. The maximum atomic E-state index is 5.83. The van der Waals surface area contributed by atoms with Crippen LogP contribution in [0.25, 0.3) is 0 Å². The van der Waals surface area contributed by atoms with E-state index in [2.05, 4.69) is 17.2 Å². The minimum atomic E-state index is 0.509. The Kier molecular flexibility index (Phi) is 7.80. The van der Waals surface area contributed by atoms with E-state index in [1.54, 1.807) is 0 Å². The Balaban J connectivity index is 1.93. The lowest BCUT2D eigenvalue weighted by Crippen LogP contribution is -2.33. The van der Waals surface area contributed by atoms with E-state index in [0.29, 0.717) is 12.1 Å². The van der Waals surface area contributed by atoms with E-state index in [1.165, 1.54) is 32.1 Å². The molecule has 1 aliphatic rings. The van der Waals surface area contributed by atoms with Crippen molar-refractivity contribution >= 4 is 5.96 Å². The highest BCUT2D eigenvalue weighted by Crippen LogP contribution is 2.20. The number of ether oxygens (including phenoxy) is 1. The molecule has 0 bridgehead atoms. The topological polar surface area (TPSA) is 59.6 Å². The number of nitrogens with zero attached hydrogens (tertiary/aromatic N) is 1. The molecule has 0 aliphatic heterocycles. The lowest BCUT2D eigenvalue weighted by atomic mass is 9.98. The van der Waals surface area contributed by atoms with Crippen LogP contribution >= 0.6 is 0 Å². The molecule has 0 radical (unpaired) electrons. The monoisotopic (exact) mass is 241 g/mol. The van der Waals surface area contributed by atoms with E-state index in [0.717, 1.165) is 32.5 Å². The molecule has 3 N–H and O–H groups in total. The molecule has 1 rings (SSSR count). The molecule has 0 unspecified atom stereocenters. The largest absolute Gasteiger partial charge is 0.378 e. The highest BCUT2D eigenvalue weighted by molar-refractivity contribution is 5.77. The van der Waals surface area contributed by atoms with Crippen molar-refractivity contribution in [3.63, 3.8) is 0 Å². The van der Waals surface area contributed by atoms with Crippen LogP contribution in [0.5, 0.6) is 0 Å². The summed E-state index contributed by atoms with van der Waals surface area (Å²) in [5, 5.41) is 3.10. The summed E-state index contributed by atoms with van der Waals surface area (Å²) in [6, 6.07) is 0. The summed E-state index contributed by atoms with van der Waals surface area (Å²) in [5.41, 5.74) is 5.68. The number of hydrogen-bond acceptors (Lipinski definition) is 2. The van der Waals surface area contributed by atoms with E-state index >= 15 is 0 Å². The minimum Gasteiger partial charge on any atom is -0.378 e. The second kappa shape index (κ2) is 9.28. The lowest BCUT2D eigenvalue weighted by Gasteiger charge is -2.21. The van der Waals surface area contributed by atoms with Gasteiger partial charge in [-0.25, -0.2) is 0 Å². The summed E-state index contributed by atoms with van der Waals surface area (Å²) in [4.78, 5) is 4.17. The van der Waals surface area contributed by atoms with Crippen molar-refractivity contribution in [2.75, 3.05) is 19.7 Å². The molecule has 0 saturated heterocycles. The van der Waals surface area contributed by atoms with Crippen molar-refractivity contribution in [1.29, 1.82) is 0 Å². The Morgan fingerprint density at radius 1 is 1.35 bits per heavy atom. The van der Waals surface area contributed by atoms with Gasteiger partial charge in [-0.1, -0.05) is 26.2 Å². The second-order valence-electron chi connectivity index (χ2n) is 4.68. The highest BCUT2D eigenvalue weighted by Gasteiger charge is 2.12. The first-order valence-corrected chi connectivity index (χ1v) is 6.98. The normalized spacial score (nSPS) is 18.3. The first-order valence-electron chi connectivity index (χ1n) is 6.98. The number of rotatable bonds is 7. The van der Waals surface area contributed by atoms with E-state index in [1.807, 2.05) is 0 Å². The molecule has 0 amide bonds. The zero-order valence-electron chi connectivity index (χ0n) is 11.1. The van der Waals surface area contributed by atoms with Crippen LogP contribution in [-0.2, 0) is 4.74 Å². The predicted molar refractivity (Wildman–Crippen MR) is 72.2 cm³/mol. The molecule has 0 aromatic heterocycles. The van der Waals surface area contributed by atoms with Crippen molar-refractivity contribution in [2.24, 2.45) is 10.7 Å². The number of nitrogens with two attached hydrogens (primary N) is 1. The van der Waals surface area contributed by atoms with Crippen molar-refractivity contribution < 1.29 is 4.74 Å². The molecule has 0 aromatic carbocycles. The molecule has 17 heavy (non-hydrogen) atoms. The van der Waals surface area contributed by atoms with Gasteiger partial charge in [0.2, 0.25) is 0 Å². The molecule has 4 nitrogen and oxygen atoms in total. The van der Waals surface area contributed by atoms with Crippen molar-refractivity contribution in [3.05, 3.63) is 0 Å². The Morgan fingerprint density at radius 3 is 2.82 bits per heavy atom. The van der Waals surface area contributed by atoms with Crippen molar-refractivity contribution in [2.45, 2.75) is 58.0 Å². The number of hydrogen-bond donors (Lipinski definition) is 2. The lowest BCUT2D eigenvalue weighted by molar-refractivity contribution is 0.0277. The smallest absolute Gasteiger partial charge is 0.188 e. The van der Waals surface area contributed by atoms with Crippen LogP contribution in [0.1, 0.15) is 51.9 Å². The molecule has 0 heterocycles. The zero-order chi connectivity index (χ0) is 12.3. The number of guanidine groups is 1. The van der Waals surface area contributed by atoms with Crippen LogP contribution in [0.4, 0.5) is 0 Å².